The predicted molar refractivity (Wildman–Crippen MR) is 69.6 cm³/mol. The van der Waals surface area contributed by atoms with E-state index >= 15 is 0 Å². The van der Waals surface area contributed by atoms with Gasteiger partial charge < -0.3 is 0 Å². The molecular weight excluding hydrogens is 254 g/mol. The third-order valence-corrected chi connectivity index (χ3v) is 2.77. The number of aromatic amines is 1. The van der Waals surface area contributed by atoms with E-state index in [9.17, 15) is 14.9 Å². The molecule has 0 aliphatic rings. The standard InChI is InChI=1S/C11H9N3O3S/c15-11-8(6-18)5-10(12-13-11)7-1-3-9(4-2-7)14(16)17/h1-5,18H,6H2,(H,13,15). The molecule has 0 atom stereocenters. The second-order valence-electron chi connectivity index (χ2n) is 3.57. The first-order valence-corrected chi connectivity index (χ1v) is 5.69. The maximum absolute atomic E-state index is 11.3. The smallest absolute Gasteiger partial charge is 0.268 e. The number of H-pyrrole nitrogens is 1. The highest BCUT2D eigenvalue weighted by Gasteiger charge is 2.07. The Morgan fingerprint density at radius 3 is 2.56 bits per heavy atom. The molecule has 0 unspecified atom stereocenters. The molecule has 6 nitrogen and oxygen atoms in total. The van der Waals surface area contributed by atoms with Crippen molar-refractivity contribution in [1.82, 2.24) is 10.2 Å². The predicted octanol–water partition coefficient (Wildman–Crippen LogP) is 1.77. The third-order valence-electron chi connectivity index (χ3n) is 2.42. The van der Waals surface area contributed by atoms with Gasteiger partial charge in [0, 0.05) is 29.0 Å². The lowest BCUT2D eigenvalue weighted by molar-refractivity contribution is -0.384. The summed E-state index contributed by atoms with van der Waals surface area (Å²) in [6.07, 6.45) is 0. The highest BCUT2D eigenvalue weighted by molar-refractivity contribution is 7.79. The van der Waals surface area contributed by atoms with Crippen LogP contribution >= 0.6 is 12.6 Å². The van der Waals surface area contributed by atoms with E-state index in [4.69, 9.17) is 0 Å². The van der Waals surface area contributed by atoms with Crippen molar-refractivity contribution >= 4 is 18.3 Å². The summed E-state index contributed by atoms with van der Waals surface area (Å²) in [4.78, 5) is 21.4. The van der Waals surface area contributed by atoms with E-state index in [0.717, 1.165) is 0 Å². The average molecular weight is 263 g/mol. The Morgan fingerprint density at radius 2 is 2.00 bits per heavy atom. The molecule has 0 aliphatic heterocycles. The number of nitrogens with zero attached hydrogens (tertiary/aromatic N) is 2. The zero-order valence-electron chi connectivity index (χ0n) is 9.16. The van der Waals surface area contributed by atoms with E-state index < -0.39 is 4.92 Å². The molecule has 0 spiro atoms. The molecule has 0 saturated heterocycles. The Hall–Kier alpha value is -2.15. The van der Waals surface area contributed by atoms with Crippen LogP contribution in [0.4, 0.5) is 5.69 Å². The van der Waals surface area contributed by atoms with Gasteiger partial charge in [0.15, 0.2) is 0 Å². The first-order chi connectivity index (χ1) is 8.61. The SMILES string of the molecule is O=c1[nH]nc(-c2ccc([N+](=O)[O-])cc2)cc1CS. The molecule has 0 aliphatic carbocycles. The Morgan fingerprint density at radius 1 is 1.33 bits per heavy atom. The van der Waals surface area contributed by atoms with E-state index in [1.54, 1.807) is 18.2 Å². The molecule has 0 radical (unpaired) electrons. The molecule has 1 aromatic heterocycles. The fourth-order valence-electron chi connectivity index (χ4n) is 1.46. The minimum Gasteiger partial charge on any atom is -0.268 e. The third kappa shape index (κ3) is 2.40. The zero-order chi connectivity index (χ0) is 13.1. The van der Waals surface area contributed by atoms with Crippen LogP contribution in [0.3, 0.4) is 0 Å². The fraction of sp³-hybridized carbons (Fsp3) is 0.0909. The number of aromatic nitrogens is 2. The van der Waals surface area contributed by atoms with E-state index in [0.29, 0.717) is 22.6 Å². The van der Waals surface area contributed by atoms with Gasteiger partial charge in [0.2, 0.25) is 0 Å². The van der Waals surface area contributed by atoms with Gasteiger partial charge in [0.1, 0.15) is 0 Å². The highest BCUT2D eigenvalue weighted by Crippen LogP contribution is 2.20. The van der Waals surface area contributed by atoms with Crippen LogP contribution in [0.15, 0.2) is 35.1 Å². The molecule has 1 aromatic carbocycles. The monoisotopic (exact) mass is 263 g/mol. The van der Waals surface area contributed by atoms with Crippen molar-refractivity contribution in [3.63, 3.8) is 0 Å². The lowest BCUT2D eigenvalue weighted by Crippen LogP contribution is -2.13. The summed E-state index contributed by atoms with van der Waals surface area (Å²) in [6.45, 7) is 0. The van der Waals surface area contributed by atoms with Gasteiger partial charge in [0.25, 0.3) is 11.2 Å². The van der Waals surface area contributed by atoms with Gasteiger partial charge in [-0.05, 0) is 18.2 Å². The van der Waals surface area contributed by atoms with Crippen LogP contribution in [-0.4, -0.2) is 15.1 Å². The molecule has 0 saturated carbocycles. The summed E-state index contributed by atoms with van der Waals surface area (Å²) >= 11 is 4.05. The molecule has 18 heavy (non-hydrogen) atoms. The summed E-state index contributed by atoms with van der Waals surface area (Å²) in [5.41, 5.74) is 1.48. The number of nitro groups is 1. The Bertz CT molecular complexity index is 637. The number of nitro benzene ring substituents is 1. The summed E-state index contributed by atoms with van der Waals surface area (Å²) in [5.74, 6) is 0.303. The first kappa shape index (κ1) is 12.3. The minimum absolute atomic E-state index is 0.0117. The van der Waals surface area contributed by atoms with Crippen LogP contribution in [0, 0.1) is 10.1 Å². The molecule has 1 N–H and O–H groups in total. The van der Waals surface area contributed by atoms with Crippen molar-refractivity contribution in [1.29, 1.82) is 0 Å². The van der Waals surface area contributed by atoms with Crippen LogP contribution < -0.4 is 5.56 Å². The number of nitrogens with one attached hydrogen (secondary N) is 1. The van der Waals surface area contributed by atoms with Crippen LogP contribution in [-0.2, 0) is 5.75 Å². The summed E-state index contributed by atoms with van der Waals surface area (Å²) in [7, 11) is 0. The molecule has 0 fully saturated rings. The molecule has 1 heterocycles. The van der Waals surface area contributed by atoms with Gasteiger partial charge >= 0.3 is 0 Å². The largest absolute Gasteiger partial charge is 0.269 e. The molecule has 0 bridgehead atoms. The fourth-order valence-corrected chi connectivity index (χ4v) is 1.70. The first-order valence-electron chi connectivity index (χ1n) is 5.06. The number of benzene rings is 1. The lowest BCUT2D eigenvalue weighted by atomic mass is 10.1. The second-order valence-corrected chi connectivity index (χ2v) is 3.89. The topological polar surface area (TPSA) is 88.9 Å². The molecule has 2 aromatic rings. The second kappa shape index (κ2) is 5.01. The van der Waals surface area contributed by atoms with Gasteiger partial charge in [-0.3, -0.25) is 14.9 Å². The molecule has 7 heteroatoms. The van der Waals surface area contributed by atoms with E-state index in [1.807, 2.05) is 0 Å². The Kier molecular flexibility index (Phi) is 3.42. The number of non-ortho nitro benzene ring substituents is 1. The van der Waals surface area contributed by atoms with Crippen LogP contribution in [0.25, 0.3) is 11.3 Å². The maximum atomic E-state index is 11.3. The number of thiol groups is 1. The number of hydrogen-bond acceptors (Lipinski definition) is 5. The number of rotatable bonds is 3. The quantitative estimate of drug-likeness (QED) is 0.502. The Labute approximate surface area is 107 Å². The molecule has 2 rings (SSSR count). The summed E-state index contributed by atoms with van der Waals surface area (Å²) in [5, 5.41) is 16.8. The van der Waals surface area contributed by atoms with Crippen molar-refractivity contribution in [3.05, 3.63) is 56.4 Å². The minimum atomic E-state index is -0.469. The van der Waals surface area contributed by atoms with Crippen LogP contribution in [0.2, 0.25) is 0 Å². The average Bonchev–Trinajstić information content (AvgIpc) is 2.39. The van der Waals surface area contributed by atoms with Crippen molar-refractivity contribution < 1.29 is 4.92 Å². The van der Waals surface area contributed by atoms with Crippen molar-refractivity contribution in [2.45, 2.75) is 5.75 Å². The normalized spacial score (nSPS) is 10.3. The van der Waals surface area contributed by atoms with E-state index in [1.165, 1.54) is 12.1 Å². The van der Waals surface area contributed by atoms with Crippen LogP contribution in [0.5, 0.6) is 0 Å². The van der Waals surface area contributed by atoms with Gasteiger partial charge in [0.05, 0.1) is 10.6 Å². The maximum Gasteiger partial charge on any atom is 0.269 e. The van der Waals surface area contributed by atoms with Crippen LogP contribution in [0.1, 0.15) is 5.56 Å². The molecular formula is C11H9N3O3S. The van der Waals surface area contributed by atoms with E-state index in [2.05, 4.69) is 22.8 Å². The summed E-state index contributed by atoms with van der Waals surface area (Å²) in [6, 6.07) is 7.57. The van der Waals surface area contributed by atoms with Gasteiger partial charge in [-0.15, -0.1) is 0 Å². The van der Waals surface area contributed by atoms with E-state index in [-0.39, 0.29) is 11.2 Å². The lowest BCUT2D eigenvalue weighted by Gasteiger charge is -2.01. The molecule has 92 valence electrons. The Balaban J connectivity index is 2.42. The van der Waals surface area contributed by atoms with Crippen molar-refractivity contribution in [2.75, 3.05) is 0 Å². The van der Waals surface area contributed by atoms with Crippen molar-refractivity contribution in [2.24, 2.45) is 0 Å². The van der Waals surface area contributed by atoms with Gasteiger partial charge in [-0.2, -0.15) is 17.7 Å². The number of hydrogen-bond donors (Lipinski definition) is 2. The molecule has 0 amide bonds. The highest BCUT2D eigenvalue weighted by atomic mass is 32.1. The van der Waals surface area contributed by atoms with Gasteiger partial charge in [-0.1, -0.05) is 0 Å². The van der Waals surface area contributed by atoms with Gasteiger partial charge in [-0.25, -0.2) is 5.10 Å². The summed E-state index contributed by atoms with van der Waals surface area (Å²) < 4.78 is 0. The zero-order valence-corrected chi connectivity index (χ0v) is 10.1. The van der Waals surface area contributed by atoms with Crippen molar-refractivity contribution in [3.8, 4) is 11.3 Å².